The van der Waals surface area contributed by atoms with Crippen molar-refractivity contribution in [2.75, 3.05) is 18.5 Å². The van der Waals surface area contributed by atoms with Gasteiger partial charge in [0, 0.05) is 16.8 Å². The number of fused-ring (bicyclic) bond motifs is 1. The van der Waals surface area contributed by atoms with Crippen molar-refractivity contribution in [1.82, 2.24) is 0 Å². The Bertz CT molecular complexity index is 1020. The molecule has 1 amide bonds. The standard InChI is InChI=1S/C20H15Cl2NO5/c21-12-1-4-16(15(22)9-12)27-11-14-3-6-18(28-14)20(24)23-13-2-5-17-19(10-13)26-8-7-25-17/h1-6,9-10H,7-8,11H2,(H,23,24). The van der Waals surface area contributed by atoms with Gasteiger partial charge in [0.2, 0.25) is 0 Å². The molecule has 6 nitrogen and oxygen atoms in total. The molecule has 0 saturated heterocycles. The lowest BCUT2D eigenvalue weighted by atomic mass is 10.2. The third-order valence-electron chi connectivity index (χ3n) is 3.95. The number of carbonyl (C=O) groups is 1. The molecule has 3 aromatic rings. The van der Waals surface area contributed by atoms with Gasteiger partial charge in [-0.3, -0.25) is 4.79 Å². The largest absolute Gasteiger partial charge is 0.486 e. The lowest BCUT2D eigenvalue weighted by Crippen LogP contribution is -2.16. The van der Waals surface area contributed by atoms with Gasteiger partial charge >= 0.3 is 0 Å². The highest BCUT2D eigenvalue weighted by molar-refractivity contribution is 6.35. The molecule has 1 N–H and O–H groups in total. The number of hydrogen-bond donors (Lipinski definition) is 1. The molecule has 2 aromatic carbocycles. The topological polar surface area (TPSA) is 69.9 Å². The molecule has 0 fully saturated rings. The molecule has 0 saturated carbocycles. The number of hydrogen-bond acceptors (Lipinski definition) is 5. The Labute approximate surface area is 170 Å². The van der Waals surface area contributed by atoms with Gasteiger partial charge in [0.1, 0.15) is 31.3 Å². The van der Waals surface area contributed by atoms with Gasteiger partial charge in [-0.05, 0) is 42.5 Å². The summed E-state index contributed by atoms with van der Waals surface area (Å²) in [6.07, 6.45) is 0. The molecule has 1 aliphatic rings. The van der Waals surface area contributed by atoms with Crippen LogP contribution in [-0.2, 0) is 6.61 Å². The van der Waals surface area contributed by atoms with E-state index in [0.717, 1.165) is 0 Å². The number of carbonyl (C=O) groups excluding carboxylic acids is 1. The van der Waals surface area contributed by atoms with Crippen molar-refractivity contribution in [3.63, 3.8) is 0 Å². The summed E-state index contributed by atoms with van der Waals surface area (Å²) < 4.78 is 22.1. The number of furan rings is 1. The summed E-state index contributed by atoms with van der Waals surface area (Å²) >= 11 is 11.9. The first-order valence-corrected chi connectivity index (χ1v) is 9.21. The fourth-order valence-electron chi connectivity index (χ4n) is 2.63. The molecule has 0 spiro atoms. The summed E-state index contributed by atoms with van der Waals surface area (Å²) in [7, 11) is 0. The van der Waals surface area contributed by atoms with Crippen molar-refractivity contribution in [1.29, 1.82) is 0 Å². The minimum absolute atomic E-state index is 0.124. The summed E-state index contributed by atoms with van der Waals surface area (Å²) in [5, 5.41) is 3.69. The van der Waals surface area contributed by atoms with E-state index in [9.17, 15) is 4.79 Å². The molecule has 0 bridgehead atoms. The maximum absolute atomic E-state index is 12.4. The first kappa shape index (κ1) is 18.5. The SMILES string of the molecule is O=C(Nc1ccc2c(c1)OCCO2)c1ccc(COc2ccc(Cl)cc2Cl)o1. The third kappa shape index (κ3) is 4.18. The van der Waals surface area contributed by atoms with Crippen LogP contribution in [0.1, 0.15) is 16.3 Å². The summed E-state index contributed by atoms with van der Waals surface area (Å²) in [6, 6.07) is 13.4. The number of benzene rings is 2. The van der Waals surface area contributed by atoms with Crippen LogP contribution in [0.15, 0.2) is 52.9 Å². The Morgan fingerprint density at radius 1 is 1.00 bits per heavy atom. The van der Waals surface area contributed by atoms with Crippen LogP contribution in [0.4, 0.5) is 5.69 Å². The van der Waals surface area contributed by atoms with E-state index < -0.39 is 0 Å². The first-order valence-electron chi connectivity index (χ1n) is 8.46. The average Bonchev–Trinajstić information content (AvgIpc) is 3.16. The molecule has 0 atom stereocenters. The fourth-order valence-corrected chi connectivity index (χ4v) is 3.10. The molecule has 28 heavy (non-hydrogen) atoms. The van der Waals surface area contributed by atoms with E-state index in [1.807, 2.05) is 0 Å². The van der Waals surface area contributed by atoms with Crippen LogP contribution in [0.3, 0.4) is 0 Å². The second-order valence-electron chi connectivity index (χ2n) is 5.94. The lowest BCUT2D eigenvalue weighted by molar-refractivity contribution is 0.0992. The third-order valence-corrected chi connectivity index (χ3v) is 4.48. The number of ether oxygens (including phenoxy) is 3. The van der Waals surface area contributed by atoms with Gasteiger partial charge in [-0.25, -0.2) is 0 Å². The van der Waals surface area contributed by atoms with Gasteiger partial charge in [-0.15, -0.1) is 0 Å². The molecule has 2 heterocycles. The maximum atomic E-state index is 12.4. The molecule has 4 rings (SSSR count). The lowest BCUT2D eigenvalue weighted by Gasteiger charge is -2.18. The highest BCUT2D eigenvalue weighted by atomic mass is 35.5. The molecule has 144 valence electrons. The monoisotopic (exact) mass is 419 g/mol. The molecular weight excluding hydrogens is 405 g/mol. The summed E-state index contributed by atoms with van der Waals surface area (Å²) in [5.41, 5.74) is 0.580. The molecular formula is C20H15Cl2NO5. The number of anilines is 1. The zero-order chi connectivity index (χ0) is 19.5. The molecule has 0 aliphatic carbocycles. The predicted molar refractivity (Wildman–Crippen MR) is 105 cm³/mol. The molecule has 8 heteroatoms. The van der Waals surface area contributed by atoms with E-state index in [1.165, 1.54) is 0 Å². The number of halogens is 2. The van der Waals surface area contributed by atoms with Crippen LogP contribution < -0.4 is 19.5 Å². The number of rotatable bonds is 5. The van der Waals surface area contributed by atoms with E-state index in [4.69, 9.17) is 41.8 Å². The average molecular weight is 420 g/mol. The zero-order valence-electron chi connectivity index (χ0n) is 14.5. The maximum Gasteiger partial charge on any atom is 0.291 e. The van der Waals surface area contributed by atoms with Crippen molar-refractivity contribution in [2.24, 2.45) is 0 Å². The quantitative estimate of drug-likeness (QED) is 0.615. The zero-order valence-corrected chi connectivity index (χ0v) is 16.0. The Morgan fingerprint density at radius 2 is 1.82 bits per heavy atom. The van der Waals surface area contributed by atoms with Gasteiger partial charge in [0.25, 0.3) is 5.91 Å². The first-order chi connectivity index (χ1) is 13.6. The van der Waals surface area contributed by atoms with Crippen molar-refractivity contribution >= 4 is 34.8 Å². The van der Waals surface area contributed by atoms with Crippen LogP contribution in [0.25, 0.3) is 0 Å². The number of amides is 1. The van der Waals surface area contributed by atoms with Crippen molar-refractivity contribution in [3.8, 4) is 17.2 Å². The van der Waals surface area contributed by atoms with E-state index in [1.54, 1.807) is 48.5 Å². The normalized spacial score (nSPS) is 12.5. The molecule has 0 unspecified atom stereocenters. The van der Waals surface area contributed by atoms with Crippen LogP contribution in [0.5, 0.6) is 17.2 Å². The summed E-state index contributed by atoms with van der Waals surface area (Å²) in [5.74, 6) is 1.99. The second-order valence-corrected chi connectivity index (χ2v) is 6.79. The molecule has 0 radical (unpaired) electrons. The van der Waals surface area contributed by atoms with E-state index >= 15 is 0 Å². The van der Waals surface area contributed by atoms with E-state index in [-0.39, 0.29) is 18.3 Å². The Morgan fingerprint density at radius 3 is 2.64 bits per heavy atom. The Kier molecular flexibility index (Phi) is 5.32. The summed E-state index contributed by atoms with van der Waals surface area (Å²) in [6.45, 7) is 1.11. The number of nitrogens with one attached hydrogen (secondary N) is 1. The second kappa shape index (κ2) is 8.04. The fraction of sp³-hybridized carbons (Fsp3) is 0.150. The van der Waals surface area contributed by atoms with Crippen molar-refractivity contribution in [3.05, 3.63) is 70.1 Å². The molecule has 1 aromatic heterocycles. The predicted octanol–water partition coefficient (Wildman–Crippen LogP) is 5.19. The molecule has 1 aliphatic heterocycles. The van der Waals surface area contributed by atoms with Crippen LogP contribution >= 0.6 is 23.2 Å². The Hall–Kier alpha value is -2.83. The highest BCUT2D eigenvalue weighted by Crippen LogP contribution is 2.33. The highest BCUT2D eigenvalue weighted by Gasteiger charge is 2.16. The Balaban J connectivity index is 1.39. The van der Waals surface area contributed by atoms with Crippen molar-refractivity contribution in [2.45, 2.75) is 6.61 Å². The minimum Gasteiger partial charge on any atom is -0.486 e. The van der Waals surface area contributed by atoms with Gasteiger partial charge < -0.3 is 23.9 Å². The van der Waals surface area contributed by atoms with Gasteiger partial charge in [-0.1, -0.05) is 23.2 Å². The van der Waals surface area contributed by atoms with Gasteiger partial charge in [0.05, 0.1) is 5.02 Å². The van der Waals surface area contributed by atoms with Crippen molar-refractivity contribution < 1.29 is 23.4 Å². The van der Waals surface area contributed by atoms with Crippen LogP contribution in [-0.4, -0.2) is 19.1 Å². The van der Waals surface area contributed by atoms with Gasteiger partial charge in [0.15, 0.2) is 17.3 Å². The minimum atomic E-state index is -0.382. The van der Waals surface area contributed by atoms with E-state index in [2.05, 4.69) is 5.32 Å². The van der Waals surface area contributed by atoms with E-state index in [0.29, 0.717) is 52.0 Å². The smallest absolute Gasteiger partial charge is 0.291 e. The van der Waals surface area contributed by atoms with Crippen LogP contribution in [0.2, 0.25) is 10.0 Å². The summed E-state index contributed by atoms with van der Waals surface area (Å²) in [4.78, 5) is 12.4. The van der Waals surface area contributed by atoms with Crippen LogP contribution in [0, 0.1) is 0 Å². The van der Waals surface area contributed by atoms with Gasteiger partial charge in [-0.2, -0.15) is 0 Å².